The summed E-state index contributed by atoms with van der Waals surface area (Å²) in [6.07, 6.45) is 2.33. The monoisotopic (exact) mass is 211 g/mol. The van der Waals surface area contributed by atoms with Crippen LogP contribution in [0.3, 0.4) is 0 Å². The number of nitriles is 1. The molecular formula is C9H6FNO2S. The van der Waals surface area contributed by atoms with Gasteiger partial charge >= 0.3 is 10.2 Å². The first-order chi connectivity index (χ1) is 6.55. The summed E-state index contributed by atoms with van der Waals surface area (Å²) in [7, 11) is -4.72. The molecule has 0 aliphatic rings. The molecule has 1 aromatic rings. The van der Waals surface area contributed by atoms with Gasteiger partial charge in [-0.15, -0.1) is 3.89 Å². The van der Waals surface area contributed by atoms with E-state index in [9.17, 15) is 12.3 Å². The number of hydrogen-bond acceptors (Lipinski definition) is 3. The van der Waals surface area contributed by atoms with Crippen molar-refractivity contribution in [3.63, 3.8) is 0 Å². The SMILES string of the molecule is N#CC=Cc1ccccc1S(=O)(=O)F. The average molecular weight is 211 g/mol. The molecular weight excluding hydrogens is 205 g/mol. The van der Waals surface area contributed by atoms with Crippen LogP contribution in [0.2, 0.25) is 0 Å². The number of benzene rings is 1. The third kappa shape index (κ3) is 2.41. The molecule has 3 nitrogen and oxygen atoms in total. The van der Waals surface area contributed by atoms with Gasteiger partial charge in [0.05, 0.1) is 6.07 Å². The van der Waals surface area contributed by atoms with Crippen LogP contribution in [0.15, 0.2) is 35.2 Å². The van der Waals surface area contributed by atoms with E-state index in [1.807, 2.05) is 0 Å². The zero-order valence-electron chi connectivity index (χ0n) is 7.01. The Bertz CT molecular complexity index is 500. The van der Waals surface area contributed by atoms with E-state index in [0.717, 1.165) is 12.1 Å². The van der Waals surface area contributed by atoms with Crippen LogP contribution in [0.1, 0.15) is 5.56 Å². The minimum atomic E-state index is -4.72. The molecule has 72 valence electrons. The van der Waals surface area contributed by atoms with Gasteiger partial charge in [-0.2, -0.15) is 13.7 Å². The van der Waals surface area contributed by atoms with Gasteiger partial charge in [-0.05, 0) is 17.7 Å². The molecule has 0 aliphatic heterocycles. The fourth-order valence-electron chi connectivity index (χ4n) is 0.967. The molecule has 5 heteroatoms. The van der Waals surface area contributed by atoms with Gasteiger partial charge in [-0.25, -0.2) is 0 Å². The molecule has 0 aliphatic carbocycles. The Labute approximate surface area is 81.3 Å². The number of hydrogen-bond donors (Lipinski definition) is 0. The molecule has 0 unspecified atom stereocenters. The van der Waals surface area contributed by atoms with Gasteiger partial charge in [-0.3, -0.25) is 0 Å². The Morgan fingerprint density at radius 2 is 2.00 bits per heavy atom. The second-order valence-corrected chi connectivity index (χ2v) is 3.75. The highest BCUT2D eigenvalue weighted by Gasteiger charge is 2.14. The van der Waals surface area contributed by atoms with Crippen LogP contribution in [0.25, 0.3) is 6.08 Å². The summed E-state index contributed by atoms with van der Waals surface area (Å²) in [5.41, 5.74) is 0.163. The van der Waals surface area contributed by atoms with E-state index < -0.39 is 15.1 Å². The molecule has 1 rings (SSSR count). The van der Waals surface area contributed by atoms with Crippen molar-refractivity contribution in [3.05, 3.63) is 35.9 Å². The molecule has 0 radical (unpaired) electrons. The first-order valence-electron chi connectivity index (χ1n) is 3.65. The van der Waals surface area contributed by atoms with Crippen molar-refractivity contribution in [1.82, 2.24) is 0 Å². The molecule has 0 bridgehead atoms. The van der Waals surface area contributed by atoms with Crippen molar-refractivity contribution >= 4 is 16.3 Å². The van der Waals surface area contributed by atoms with Crippen molar-refractivity contribution in [2.75, 3.05) is 0 Å². The highest BCUT2D eigenvalue weighted by molar-refractivity contribution is 7.86. The summed E-state index contributed by atoms with van der Waals surface area (Å²) in [6, 6.07) is 7.23. The quantitative estimate of drug-likeness (QED) is 0.554. The summed E-state index contributed by atoms with van der Waals surface area (Å²) in [4.78, 5) is -0.425. The Balaban J connectivity index is 3.32. The van der Waals surface area contributed by atoms with E-state index in [1.54, 1.807) is 12.1 Å². The minimum absolute atomic E-state index is 0.163. The summed E-state index contributed by atoms with van der Waals surface area (Å²) in [5, 5.41) is 8.24. The molecule has 1 aromatic carbocycles. The Morgan fingerprint density at radius 3 is 2.57 bits per heavy atom. The van der Waals surface area contributed by atoms with E-state index in [2.05, 4.69) is 0 Å². The molecule has 0 amide bonds. The summed E-state index contributed by atoms with van der Waals surface area (Å²) >= 11 is 0. The van der Waals surface area contributed by atoms with Crippen LogP contribution in [0, 0.1) is 11.3 Å². The normalized spacial score (nSPS) is 11.4. The van der Waals surface area contributed by atoms with Crippen LogP contribution in [0.4, 0.5) is 3.89 Å². The van der Waals surface area contributed by atoms with Crippen LogP contribution < -0.4 is 0 Å². The highest BCUT2D eigenvalue weighted by atomic mass is 32.3. The van der Waals surface area contributed by atoms with E-state index in [0.29, 0.717) is 0 Å². The maximum atomic E-state index is 12.7. The summed E-state index contributed by atoms with van der Waals surface area (Å²) in [6.45, 7) is 0. The van der Waals surface area contributed by atoms with E-state index in [1.165, 1.54) is 18.2 Å². The van der Waals surface area contributed by atoms with Crippen molar-refractivity contribution in [2.45, 2.75) is 4.90 Å². The lowest BCUT2D eigenvalue weighted by Gasteiger charge is -1.98. The van der Waals surface area contributed by atoms with E-state index in [-0.39, 0.29) is 5.56 Å². The van der Waals surface area contributed by atoms with E-state index >= 15 is 0 Å². The zero-order chi connectivity index (χ0) is 10.6. The van der Waals surface area contributed by atoms with Gasteiger partial charge in [-0.1, -0.05) is 18.2 Å². The van der Waals surface area contributed by atoms with Crippen molar-refractivity contribution in [3.8, 4) is 6.07 Å². The molecule has 0 saturated carbocycles. The lowest BCUT2D eigenvalue weighted by atomic mass is 10.2. The van der Waals surface area contributed by atoms with Crippen molar-refractivity contribution in [2.24, 2.45) is 0 Å². The van der Waals surface area contributed by atoms with Gasteiger partial charge in [0, 0.05) is 6.08 Å². The van der Waals surface area contributed by atoms with E-state index in [4.69, 9.17) is 5.26 Å². The Hall–Kier alpha value is -1.67. The van der Waals surface area contributed by atoms with Crippen LogP contribution in [0.5, 0.6) is 0 Å². The number of allylic oxidation sites excluding steroid dienone is 1. The van der Waals surface area contributed by atoms with Crippen LogP contribution in [-0.4, -0.2) is 8.42 Å². The van der Waals surface area contributed by atoms with Gasteiger partial charge < -0.3 is 0 Å². The minimum Gasteiger partial charge on any atom is -0.193 e. The maximum absolute atomic E-state index is 12.7. The molecule has 14 heavy (non-hydrogen) atoms. The molecule has 0 spiro atoms. The highest BCUT2D eigenvalue weighted by Crippen LogP contribution is 2.18. The second kappa shape index (κ2) is 4.03. The molecule has 0 saturated heterocycles. The molecule has 0 fully saturated rings. The van der Waals surface area contributed by atoms with Crippen molar-refractivity contribution in [1.29, 1.82) is 5.26 Å². The smallest absolute Gasteiger partial charge is 0.193 e. The molecule has 0 N–H and O–H groups in total. The van der Waals surface area contributed by atoms with Gasteiger partial charge in [0.1, 0.15) is 4.90 Å². The third-order valence-electron chi connectivity index (χ3n) is 1.52. The maximum Gasteiger partial charge on any atom is 0.332 e. The van der Waals surface area contributed by atoms with Gasteiger partial charge in [0.2, 0.25) is 0 Å². The average Bonchev–Trinajstić information content (AvgIpc) is 2.14. The number of halogens is 1. The fourth-order valence-corrected chi connectivity index (χ4v) is 1.63. The topological polar surface area (TPSA) is 57.9 Å². The lowest BCUT2D eigenvalue weighted by Crippen LogP contribution is -1.94. The fraction of sp³-hybridized carbons (Fsp3) is 0. The zero-order valence-corrected chi connectivity index (χ0v) is 7.83. The predicted octanol–water partition coefficient (Wildman–Crippen LogP) is 1.88. The molecule has 0 atom stereocenters. The van der Waals surface area contributed by atoms with Crippen LogP contribution in [-0.2, 0) is 10.2 Å². The number of nitrogens with zero attached hydrogens (tertiary/aromatic N) is 1. The Kier molecular flexibility index (Phi) is 2.99. The van der Waals surface area contributed by atoms with Gasteiger partial charge in [0.15, 0.2) is 0 Å². The first kappa shape index (κ1) is 10.4. The van der Waals surface area contributed by atoms with Gasteiger partial charge in [0.25, 0.3) is 0 Å². The molecule has 0 heterocycles. The standard InChI is InChI=1S/C9H6FNO2S/c10-14(12,13)9-6-2-1-4-8(9)5-3-7-11/h1-6H. The third-order valence-corrected chi connectivity index (χ3v) is 2.42. The largest absolute Gasteiger partial charge is 0.332 e. The Morgan fingerprint density at radius 1 is 1.36 bits per heavy atom. The summed E-state index contributed by atoms with van der Waals surface area (Å²) in [5.74, 6) is 0. The van der Waals surface area contributed by atoms with Crippen molar-refractivity contribution < 1.29 is 12.3 Å². The molecule has 0 aromatic heterocycles. The van der Waals surface area contributed by atoms with Crippen LogP contribution >= 0.6 is 0 Å². The first-order valence-corrected chi connectivity index (χ1v) is 5.04. The number of rotatable bonds is 2. The second-order valence-electron chi connectivity index (χ2n) is 2.44. The summed E-state index contributed by atoms with van der Waals surface area (Å²) < 4.78 is 33.9. The lowest BCUT2D eigenvalue weighted by molar-refractivity contribution is 0.552. The predicted molar refractivity (Wildman–Crippen MR) is 49.4 cm³/mol.